The molecule has 1 aliphatic heterocycles. The van der Waals surface area contributed by atoms with Crippen LogP contribution in [0.1, 0.15) is 16.1 Å². The Hall–Kier alpha value is -2.70. The van der Waals surface area contributed by atoms with Gasteiger partial charge in [0.1, 0.15) is 0 Å². The van der Waals surface area contributed by atoms with Crippen molar-refractivity contribution in [1.29, 1.82) is 0 Å². The molecule has 1 aliphatic rings. The van der Waals surface area contributed by atoms with Gasteiger partial charge in [0.25, 0.3) is 5.91 Å². The highest BCUT2D eigenvalue weighted by atomic mass is 35.5. The van der Waals surface area contributed by atoms with Gasteiger partial charge < -0.3 is 15.1 Å². The smallest absolute Gasteiger partial charge is 0.278 e. The van der Waals surface area contributed by atoms with Crippen LogP contribution in [0, 0.1) is 6.92 Å². The van der Waals surface area contributed by atoms with E-state index < -0.39 is 0 Å². The van der Waals surface area contributed by atoms with Crippen molar-refractivity contribution in [3.05, 3.63) is 58.7 Å². The molecule has 0 bridgehead atoms. The first-order valence-electron chi connectivity index (χ1n) is 9.29. The number of amides is 1. The predicted molar refractivity (Wildman–Crippen MR) is 113 cm³/mol. The second-order valence-corrected chi connectivity index (χ2v) is 7.50. The average Bonchev–Trinajstić information content (AvgIpc) is 2.70. The van der Waals surface area contributed by atoms with Crippen LogP contribution in [0.4, 0.5) is 11.5 Å². The highest BCUT2D eigenvalue weighted by Gasteiger charge is 2.24. The predicted octanol–water partition coefficient (Wildman–Crippen LogP) is 3.60. The molecule has 2 aromatic carbocycles. The van der Waals surface area contributed by atoms with Gasteiger partial charge in [-0.3, -0.25) is 4.79 Å². The summed E-state index contributed by atoms with van der Waals surface area (Å²) in [5.74, 6) is 0.342. The molecule has 144 valence electrons. The van der Waals surface area contributed by atoms with Crippen LogP contribution in [0.5, 0.6) is 0 Å². The number of halogens is 1. The second kappa shape index (κ2) is 7.73. The Kier molecular flexibility index (Phi) is 5.15. The van der Waals surface area contributed by atoms with Gasteiger partial charge >= 0.3 is 0 Å². The number of piperazine rings is 1. The molecule has 6 nitrogen and oxygen atoms in total. The summed E-state index contributed by atoms with van der Waals surface area (Å²) in [6.07, 6.45) is 0. The molecule has 1 amide bonds. The molecule has 0 saturated carbocycles. The molecular weight excluding hydrogens is 374 g/mol. The molecule has 7 heteroatoms. The molecule has 0 radical (unpaired) electrons. The van der Waals surface area contributed by atoms with Crippen molar-refractivity contribution < 1.29 is 4.79 Å². The summed E-state index contributed by atoms with van der Waals surface area (Å²) >= 11 is 6.20. The number of hydrogen-bond donors (Lipinski definition) is 1. The summed E-state index contributed by atoms with van der Waals surface area (Å²) in [4.78, 5) is 26.9. The molecule has 0 atom stereocenters. The van der Waals surface area contributed by atoms with E-state index in [-0.39, 0.29) is 5.91 Å². The van der Waals surface area contributed by atoms with Gasteiger partial charge in [0.15, 0.2) is 11.5 Å². The maximum absolute atomic E-state index is 13.1. The van der Waals surface area contributed by atoms with Crippen molar-refractivity contribution in [3.8, 4) is 0 Å². The summed E-state index contributed by atoms with van der Waals surface area (Å²) in [7, 11) is 2.10. The Morgan fingerprint density at radius 3 is 2.39 bits per heavy atom. The monoisotopic (exact) mass is 395 g/mol. The van der Waals surface area contributed by atoms with E-state index in [4.69, 9.17) is 16.6 Å². The van der Waals surface area contributed by atoms with Crippen LogP contribution in [-0.2, 0) is 0 Å². The average molecular weight is 396 g/mol. The highest BCUT2D eigenvalue weighted by molar-refractivity contribution is 6.31. The van der Waals surface area contributed by atoms with E-state index in [1.807, 2.05) is 43.3 Å². The van der Waals surface area contributed by atoms with Gasteiger partial charge in [-0.15, -0.1) is 0 Å². The highest BCUT2D eigenvalue weighted by Crippen LogP contribution is 2.24. The number of anilines is 2. The number of carbonyl (C=O) groups is 1. The quantitative estimate of drug-likeness (QED) is 0.734. The third-order valence-corrected chi connectivity index (χ3v) is 5.41. The largest absolute Gasteiger partial charge is 0.352 e. The Morgan fingerprint density at radius 1 is 1.04 bits per heavy atom. The Labute approximate surface area is 169 Å². The molecule has 0 spiro atoms. The van der Waals surface area contributed by atoms with Crippen LogP contribution in [0.15, 0.2) is 42.5 Å². The van der Waals surface area contributed by atoms with Crippen LogP contribution in [-0.4, -0.2) is 54.0 Å². The third kappa shape index (κ3) is 3.79. The molecule has 4 rings (SSSR count). The van der Waals surface area contributed by atoms with Crippen LogP contribution in [0.2, 0.25) is 5.02 Å². The number of rotatable bonds is 3. The minimum atomic E-state index is -0.285. The molecule has 1 N–H and O–H groups in total. The van der Waals surface area contributed by atoms with Crippen LogP contribution >= 0.6 is 11.6 Å². The lowest BCUT2D eigenvalue weighted by Gasteiger charge is -2.33. The Bertz CT molecular complexity index is 1030. The lowest BCUT2D eigenvalue weighted by Crippen LogP contribution is -2.45. The van der Waals surface area contributed by atoms with Crippen LogP contribution in [0.3, 0.4) is 0 Å². The second-order valence-electron chi connectivity index (χ2n) is 7.09. The zero-order chi connectivity index (χ0) is 19.7. The van der Waals surface area contributed by atoms with Gasteiger partial charge in [-0.25, -0.2) is 9.97 Å². The number of carbonyl (C=O) groups excluding carboxylic acids is 1. The van der Waals surface area contributed by atoms with Crippen molar-refractivity contribution >= 4 is 40.0 Å². The first-order valence-corrected chi connectivity index (χ1v) is 9.67. The first kappa shape index (κ1) is 18.7. The van der Waals surface area contributed by atoms with Crippen LogP contribution < -0.4 is 10.2 Å². The number of fused-ring (bicyclic) bond motifs is 1. The van der Waals surface area contributed by atoms with Crippen molar-refractivity contribution in [2.45, 2.75) is 6.92 Å². The van der Waals surface area contributed by atoms with E-state index in [2.05, 4.69) is 27.1 Å². The molecule has 1 aromatic heterocycles. The van der Waals surface area contributed by atoms with Gasteiger partial charge in [-0.1, -0.05) is 29.8 Å². The SMILES string of the molecule is Cc1ccc(NC(=O)c2nc3ccccc3nc2N2CCN(C)CC2)cc1Cl. The lowest BCUT2D eigenvalue weighted by molar-refractivity contribution is 0.102. The maximum atomic E-state index is 13.1. The summed E-state index contributed by atoms with van der Waals surface area (Å²) in [5, 5.41) is 3.53. The molecule has 2 heterocycles. The fraction of sp³-hybridized carbons (Fsp3) is 0.286. The topological polar surface area (TPSA) is 61.4 Å². The van der Waals surface area contributed by atoms with Crippen molar-refractivity contribution in [2.24, 2.45) is 0 Å². The van der Waals surface area contributed by atoms with Crippen molar-refractivity contribution in [1.82, 2.24) is 14.9 Å². The summed E-state index contributed by atoms with van der Waals surface area (Å²) in [6, 6.07) is 13.1. The molecule has 1 saturated heterocycles. The molecule has 1 fully saturated rings. The fourth-order valence-corrected chi connectivity index (χ4v) is 3.42. The first-order chi connectivity index (χ1) is 13.5. The maximum Gasteiger partial charge on any atom is 0.278 e. The number of nitrogens with zero attached hydrogens (tertiary/aromatic N) is 4. The Morgan fingerprint density at radius 2 is 1.71 bits per heavy atom. The normalized spacial score (nSPS) is 15.0. The molecular formula is C21H22ClN5O. The van der Waals surface area contributed by atoms with Crippen molar-refractivity contribution in [2.75, 3.05) is 43.4 Å². The third-order valence-electron chi connectivity index (χ3n) is 5.00. The van der Waals surface area contributed by atoms with Gasteiger partial charge in [-0.05, 0) is 43.8 Å². The zero-order valence-corrected chi connectivity index (χ0v) is 16.7. The number of likely N-dealkylation sites (N-methyl/N-ethyl adjacent to an activating group) is 1. The van der Waals surface area contributed by atoms with Crippen molar-refractivity contribution in [3.63, 3.8) is 0 Å². The van der Waals surface area contributed by atoms with Gasteiger partial charge in [0.2, 0.25) is 0 Å². The van der Waals surface area contributed by atoms with E-state index in [9.17, 15) is 4.79 Å². The van der Waals surface area contributed by atoms with Gasteiger partial charge in [0.05, 0.1) is 11.0 Å². The van der Waals surface area contributed by atoms with E-state index in [1.54, 1.807) is 6.07 Å². The summed E-state index contributed by atoms with van der Waals surface area (Å²) in [6.45, 7) is 5.38. The zero-order valence-electron chi connectivity index (χ0n) is 15.9. The lowest BCUT2D eigenvalue weighted by atomic mass is 10.2. The molecule has 3 aromatic rings. The van der Waals surface area contributed by atoms with E-state index in [1.165, 1.54) is 0 Å². The standard InChI is InChI=1S/C21H22ClN5O/c1-14-7-8-15(13-16(14)22)23-21(28)19-20(27-11-9-26(2)10-12-27)25-18-6-4-3-5-17(18)24-19/h3-8,13H,9-12H2,1-2H3,(H,23,28). The minimum Gasteiger partial charge on any atom is -0.352 e. The number of para-hydroxylation sites is 2. The minimum absolute atomic E-state index is 0.285. The van der Waals surface area contributed by atoms with E-state index >= 15 is 0 Å². The van der Waals surface area contributed by atoms with E-state index in [0.717, 1.165) is 37.3 Å². The number of nitrogens with one attached hydrogen (secondary N) is 1. The number of aromatic nitrogens is 2. The van der Waals surface area contributed by atoms with E-state index in [0.29, 0.717) is 27.7 Å². The summed E-state index contributed by atoms with van der Waals surface area (Å²) < 4.78 is 0. The number of aryl methyl sites for hydroxylation is 1. The molecule has 0 aliphatic carbocycles. The Balaban J connectivity index is 1.71. The molecule has 0 unspecified atom stereocenters. The molecule has 28 heavy (non-hydrogen) atoms. The van der Waals surface area contributed by atoms with Crippen LogP contribution in [0.25, 0.3) is 11.0 Å². The number of benzene rings is 2. The van der Waals surface area contributed by atoms with Gasteiger partial charge in [0, 0.05) is 36.9 Å². The van der Waals surface area contributed by atoms with Gasteiger partial charge in [-0.2, -0.15) is 0 Å². The fourth-order valence-electron chi connectivity index (χ4n) is 3.24. The number of hydrogen-bond acceptors (Lipinski definition) is 5. The summed E-state index contributed by atoms with van der Waals surface area (Å²) in [5.41, 5.74) is 3.42.